The first-order valence-corrected chi connectivity index (χ1v) is 4.74. The lowest BCUT2D eigenvalue weighted by atomic mass is 10.2. The van der Waals surface area contributed by atoms with Crippen molar-refractivity contribution >= 4 is 12.0 Å². The Morgan fingerprint density at radius 1 is 1.25 bits per heavy atom. The highest BCUT2D eigenvalue weighted by molar-refractivity contribution is 7.94. The van der Waals surface area contributed by atoms with Crippen molar-refractivity contribution in [3.63, 3.8) is 0 Å². The molecule has 0 spiro atoms. The Kier molecular flexibility index (Phi) is 4.83. The van der Waals surface area contributed by atoms with E-state index in [2.05, 4.69) is 0 Å². The highest BCUT2D eigenvalue weighted by Crippen LogP contribution is 2.07. The van der Waals surface area contributed by atoms with E-state index in [4.69, 9.17) is 9.29 Å². The van der Waals surface area contributed by atoms with Crippen LogP contribution in [-0.2, 0) is 10.8 Å². The van der Waals surface area contributed by atoms with Crippen LogP contribution in [-0.4, -0.2) is 17.5 Å². The van der Waals surface area contributed by atoms with E-state index in [0.29, 0.717) is 12.4 Å². The van der Waals surface area contributed by atoms with Crippen molar-refractivity contribution in [1.29, 1.82) is 0 Å². The zero-order valence-electron chi connectivity index (χ0n) is 6.77. The van der Waals surface area contributed by atoms with Crippen LogP contribution in [0.2, 0.25) is 0 Å². The smallest absolute Gasteiger partial charge is 0.0864 e. The van der Waals surface area contributed by atoms with Crippen LogP contribution in [0.4, 0.5) is 0 Å². The van der Waals surface area contributed by atoms with Crippen LogP contribution < -0.4 is 0 Å². The first-order chi connectivity index (χ1) is 5.93. The lowest BCUT2D eigenvalue weighted by Gasteiger charge is -2.00. The molecule has 0 radical (unpaired) electrons. The lowest BCUT2D eigenvalue weighted by Crippen LogP contribution is -1.89. The molecular weight excluding hydrogens is 172 g/mol. The van der Waals surface area contributed by atoms with Crippen molar-refractivity contribution in [3.8, 4) is 0 Å². The third-order valence-corrected chi connectivity index (χ3v) is 1.96. The van der Waals surface area contributed by atoms with E-state index in [1.54, 1.807) is 0 Å². The molecule has 2 nitrogen and oxygen atoms in total. The molecule has 0 bridgehead atoms. The Morgan fingerprint density at radius 2 is 2.00 bits per heavy atom. The van der Waals surface area contributed by atoms with Gasteiger partial charge in [0.05, 0.1) is 13.2 Å². The summed E-state index contributed by atoms with van der Waals surface area (Å²) in [6.45, 7) is 0.769. The zero-order chi connectivity index (χ0) is 8.65. The Bertz CT molecular complexity index is 201. The predicted octanol–water partition coefficient (Wildman–Crippen LogP) is 1.84. The molecule has 0 heterocycles. The van der Waals surface area contributed by atoms with Crippen LogP contribution >= 0.6 is 12.0 Å². The minimum atomic E-state index is 0.166. The summed E-state index contributed by atoms with van der Waals surface area (Å²) in [5, 5.41) is 8.46. The van der Waals surface area contributed by atoms with Gasteiger partial charge in [0.2, 0.25) is 0 Å². The van der Waals surface area contributed by atoms with Gasteiger partial charge in [-0.1, -0.05) is 30.3 Å². The van der Waals surface area contributed by atoms with Gasteiger partial charge in [0.1, 0.15) is 0 Å². The molecule has 0 amide bonds. The van der Waals surface area contributed by atoms with E-state index in [-0.39, 0.29) is 6.61 Å². The zero-order valence-corrected chi connectivity index (χ0v) is 7.59. The Hall–Kier alpha value is -0.510. The minimum absolute atomic E-state index is 0.166. The summed E-state index contributed by atoms with van der Waals surface area (Å²) < 4.78 is 5.22. The second-order valence-corrected chi connectivity index (χ2v) is 3.17. The molecule has 0 unspecified atom stereocenters. The van der Waals surface area contributed by atoms with Gasteiger partial charge in [0.15, 0.2) is 0 Å². The second kappa shape index (κ2) is 6.06. The van der Waals surface area contributed by atoms with Gasteiger partial charge in [-0.3, -0.25) is 0 Å². The predicted molar refractivity (Wildman–Crippen MR) is 50.8 cm³/mol. The number of hydrogen-bond acceptors (Lipinski definition) is 3. The molecule has 0 atom stereocenters. The van der Waals surface area contributed by atoms with Gasteiger partial charge in [-0.15, -0.1) is 0 Å². The summed E-state index contributed by atoms with van der Waals surface area (Å²) in [5.74, 6) is 0.632. The van der Waals surface area contributed by atoms with Crippen LogP contribution in [0.3, 0.4) is 0 Å². The number of benzene rings is 1. The van der Waals surface area contributed by atoms with Gasteiger partial charge < -0.3 is 9.29 Å². The molecular formula is C9H12O2S. The first kappa shape index (κ1) is 9.58. The number of rotatable bonds is 5. The average molecular weight is 184 g/mol. The summed E-state index contributed by atoms with van der Waals surface area (Å²) in [4.78, 5) is 0. The van der Waals surface area contributed by atoms with Crippen molar-refractivity contribution in [2.75, 3.05) is 12.4 Å². The molecule has 1 aromatic carbocycles. The van der Waals surface area contributed by atoms with Crippen molar-refractivity contribution in [1.82, 2.24) is 0 Å². The van der Waals surface area contributed by atoms with Crippen LogP contribution in [0.5, 0.6) is 0 Å². The maximum Gasteiger partial charge on any atom is 0.0864 e. The molecule has 1 N–H and O–H groups in total. The van der Waals surface area contributed by atoms with Gasteiger partial charge in [0.25, 0.3) is 0 Å². The summed E-state index contributed by atoms with van der Waals surface area (Å²) in [5.41, 5.74) is 1.16. The van der Waals surface area contributed by atoms with Gasteiger partial charge >= 0.3 is 0 Å². The maximum absolute atomic E-state index is 8.46. The fourth-order valence-electron chi connectivity index (χ4n) is 0.780. The van der Waals surface area contributed by atoms with Crippen molar-refractivity contribution in [3.05, 3.63) is 35.9 Å². The monoisotopic (exact) mass is 184 g/mol. The largest absolute Gasteiger partial charge is 0.395 e. The summed E-state index contributed by atoms with van der Waals surface area (Å²) in [7, 11) is 0. The molecule has 0 aliphatic heterocycles. The molecule has 0 saturated heterocycles. The molecule has 0 aromatic heterocycles. The maximum atomic E-state index is 8.46. The molecule has 0 aliphatic rings. The summed E-state index contributed by atoms with van der Waals surface area (Å²) in [6.07, 6.45) is 0. The highest BCUT2D eigenvalue weighted by atomic mass is 32.2. The van der Waals surface area contributed by atoms with Gasteiger partial charge in [-0.25, -0.2) is 0 Å². The molecule has 1 aromatic rings. The molecule has 0 aliphatic carbocycles. The van der Waals surface area contributed by atoms with Gasteiger partial charge in [0, 0.05) is 5.75 Å². The van der Waals surface area contributed by atoms with E-state index >= 15 is 0 Å². The van der Waals surface area contributed by atoms with E-state index in [0.717, 1.165) is 5.56 Å². The Balaban J connectivity index is 2.16. The van der Waals surface area contributed by atoms with Crippen molar-refractivity contribution in [2.45, 2.75) is 6.61 Å². The Labute approximate surface area is 76.8 Å². The summed E-state index contributed by atoms with van der Waals surface area (Å²) >= 11 is 1.30. The number of hydrogen-bond donors (Lipinski definition) is 1. The highest BCUT2D eigenvalue weighted by Gasteiger charge is 1.91. The van der Waals surface area contributed by atoms with Crippen LogP contribution in [0.15, 0.2) is 30.3 Å². The third kappa shape index (κ3) is 3.76. The molecule has 66 valence electrons. The quantitative estimate of drug-likeness (QED) is 0.559. The van der Waals surface area contributed by atoms with E-state index in [1.165, 1.54) is 12.0 Å². The minimum Gasteiger partial charge on any atom is -0.395 e. The fraction of sp³-hybridized carbons (Fsp3) is 0.333. The molecule has 0 fully saturated rings. The van der Waals surface area contributed by atoms with Gasteiger partial charge in [-0.05, 0) is 17.6 Å². The molecule has 0 saturated carbocycles. The van der Waals surface area contributed by atoms with Crippen LogP contribution in [0.25, 0.3) is 0 Å². The van der Waals surface area contributed by atoms with Gasteiger partial charge in [-0.2, -0.15) is 0 Å². The lowest BCUT2D eigenvalue weighted by molar-refractivity contribution is 0.313. The molecule has 12 heavy (non-hydrogen) atoms. The van der Waals surface area contributed by atoms with Crippen molar-refractivity contribution in [2.24, 2.45) is 0 Å². The topological polar surface area (TPSA) is 29.5 Å². The Morgan fingerprint density at radius 3 is 2.67 bits per heavy atom. The molecule has 3 heteroatoms. The number of aliphatic hydroxyl groups is 1. The fourth-order valence-corrected chi connectivity index (χ4v) is 1.19. The number of aliphatic hydroxyl groups excluding tert-OH is 1. The van der Waals surface area contributed by atoms with Crippen molar-refractivity contribution < 1.29 is 9.29 Å². The average Bonchev–Trinajstić information content (AvgIpc) is 2.14. The summed E-state index contributed by atoms with van der Waals surface area (Å²) in [6, 6.07) is 9.97. The van der Waals surface area contributed by atoms with E-state index < -0.39 is 0 Å². The first-order valence-electron chi connectivity index (χ1n) is 3.82. The SMILES string of the molecule is OCCSOCc1ccccc1. The second-order valence-electron chi connectivity index (χ2n) is 2.29. The standard InChI is InChI=1S/C9H12O2S/c10-6-7-12-11-8-9-4-2-1-3-5-9/h1-5,10H,6-8H2. The normalized spacial score (nSPS) is 10.1. The van der Waals surface area contributed by atoms with E-state index in [9.17, 15) is 0 Å². The third-order valence-electron chi connectivity index (χ3n) is 1.33. The molecule has 1 rings (SSSR count). The van der Waals surface area contributed by atoms with Crippen LogP contribution in [0, 0.1) is 0 Å². The van der Waals surface area contributed by atoms with E-state index in [1.807, 2.05) is 30.3 Å². The van der Waals surface area contributed by atoms with Crippen LogP contribution in [0.1, 0.15) is 5.56 Å².